The predicted molar refractivity (Wildman–Crippen MR) is 140 cm³/mol. The minimum absolute atomic E-state index is 0.0337. The molecule has 6 rings (SSSR count). The lowest BCUT2D eigenvalue weighted by molar-refractivity contribution is 0.00844. The fourth-order valence-corrected chi connectivity index (χ4v) is 5.47. The first-order valence-corrected chi connectivity index (χ1v) is 12.4. The Labute approximate surface area is 210 Å². The van der Waals surface area contributed by atoms with E-state index in [9.17, 15) is 9.59 Å². The van der Waals surface area contributed by atoms with Gasteiger partial charge in [0.1, 0.15) is 5.69 Å². The Hall–Kier alpha value is -3.90. The summed E-state index contributed by atoms with van der Waals surface area (Å²) in [6.45, 7) is 3.55. The summed E-state index contributed by atoms with van der Waals surface area (Å²) in [5.41, 5.74) is 7.64. The molecule has 2 aromatic carbocycles. The number of amides is 1. The van der Waals surface area contributed by atoms with Gasteiger partial charge in [-0.25, -0.2) is 0 Å². The van der Waals surface area contributed by atoms with E-state index in [2.05, 4.69) is 54.4 Å². The van der Waals surface area contributed by atoms with E-state index in [0.717, 1.165) is 46.7 Å². The summed E-state index contributed by atoms with van der Waals surface area (Å²) in [6.07, 6.45) is 1.91. The minimum Gasteiger partial charge on any atom is -0.380 e. The number of hydrogen-bond donors (Lipinski definition) is 1. The molecule has 2 unspecified atom stereocenters. The van der Waals surface area contributed by atoms with Crippen LogP contribution in [0.4, 0.5) is 0 Å². The van der Waals surface area contributed by atoms with E-state index < -0.39 is 0 Å². The number of hydrogen-bond acceptors (Lipinski definition) is 3. The van der Waals surface area contributed by atoms with Crippen molar-refractivity contribution < 1.29 is 9.53 Å². The third kappa shape index (κ3) is 3.60. The molecule has 1 fully saturated rings. The molecule has 0 aliphatic carbocycles. The van der Waals surface area contributed by atoms with Crippen molar-refractivity contribution in [2.24, 2.45) is 7.05 Å². The van der Waals surface area contributed by atoms with Crippen LogP contribution >= 0.6 is 0 Å². The second kappa shape index (κ2) is 8.64. The highest BCUT2D eigenvalue weighted by Crippen LogP contribution is 2.42. The largest absolute Gasteiger partial charge is 0.380 e. The number of nitrogens with one attached hydrogen (secondary N) is 1. The Morgan fingerprint density at radius 3 is 2.36 bits per heavy atom. The number of likely N-dealkylation sites (N-methyl/N-ethyl adjacent to an activating group) is 1. The van der Waals surface area contributed by atoms with Crippen molar-refractivity contribution in [1.29, 1.82) is 0 Å². The van der Waals surface area contributed by atoms with Gasteiger partial charge in [0.25, 0.3) is 11.5 Å². The number of aromatic nitrogens is 2. The maximum Gasteiger partial charge on any atom is 0.270 e. The van der Waals surface area contributed by atoms with Crippen molar-refractivity contribution >= 4 is 5.91 Å². The smallest absolute Gasteiger partial charge is 0.270 e. The lowest BCUT2D eigenvalue weighted by atomic mass is 9.79. The predicted octanol–water partition coefficient (Wildman–Crippen LogP) is 4.77. The van der Waals surface area contributed by atoms with Crippen molar-refractivity contribution in [3.8, 4) is 22.4 Å². The first-order valence-electron chi connectivity index (χ1n) is 12.4. The summed E-state index contributed by atoms with van der Waals surface area (Å²) in [6, 6.07) is 22.3. The molecule has 2 atom stereocenters. The molecule has 6 nitrogen and oxygen atoms in total. The highest BCUT2D eigenvalue weighted by molar-refractivity contribution is 5.97. The molecule has 1 amide bonds. The van der Waals surface area contributed by atoms with Crippen LogP contribution in [-0.2, 0) is 11.8 Å². The zero-order valence-corrected chi connectivity index (χ0v) is 20.7. The van der Waals surface area contributed by atoms with Gasteiger partial charge in [0.15, 0.2) is 0 Å². The first kappa shape index (κ1) is 22.6. The van der Waals surface area contributed by atoms with Gasteiger partial charge in [-0.1, -0.05) is 48.5 Å². The SMILES string of the molecule is CC1C(c2cc(=O)n(C)cc2-c2ccccc2)c2cc(-c3cccc(C4COC4)c3)[nH]c2C(=O)N1C. The van der Waals surface area contributed by atoms with Crippen molar-refractivity contribution in [3.05, 3.63) is 106 Å². The number of aryl methyl sites for hydroxylation is 1. The molecule has 0 bridgehead atoms. The van der Waals surface area contributed by atoms with E-state index in [1.165, 1.54) is 5.56 Å². The van der Waals surface area contributed by atoms with Gasteiger partial charge in [-0.15, -0.1) is 0 Å². The van der Waals surface area contributed by atoms with Crippen LogP contribution in [0.1, 0.15) is 45.9 Å². The molecule has 182 valence electrons. The molecule has 4 aromatic rings. The average Bonchev–Trinajstić information content (AvgIpc) is 3.30. The van der Waals surface area contributed by atoms with Crippen molar-refractivity contribution in [2.45, 2.75) is 24.8 Å². The highest BCUT2D eigenvalue weighted by atomic mass is 16.5. The fourth-order valence-electron chi connectivity index (χ4n) is 5.47. The molecule has 4 heterocycles. The number of ether oxygens (including phenoxy) is 1. The van der Waals surface area contributed by atoms with E-state index in [1.807, 2.05) is 31.4 Å². The summed E-state index contributed by atoms with van der Waals surface area (Å²) in [7, 11) is 3.61. The van der Waals surface area contributed by atoms with Gasteiger partial charge in [0.05, 0.1) is 13.2 Å². The van der Waals surface area contributed by atoms with Gasteiger partial charge < -0.3 is 19.2 Å². The molecule has 2 aromatic heterocycles. The Kier molecular flexibility index (Phi) is 5.41. The zero-order valence-electron chi connectivity index (χ0n) is 20.7. The molecule has 2 aliphatic heterocycles. The molecule has 2 aliphatic rings. The Morgan fingerprint density at radius 2 is 1.64 bits per heavy atom. The normalized spacial score (nSPS) is 19.8. The van der Waals surface area contributed by atoms with Crippen molar-refractivity contribution in [2.75, 3.05) is 20.3 Å². The highest BCUT2D eigenvalue weighted by Gasteiger charge is 2.39. The van der Waals surface area contributed by atoms with Crippen LogP contribution in [0.15, 0.2) is 77.7 Å². The van der Waals surface area contributed by atoms with Crippen molar-refractivity contribution in [1.82, 2.24) is 14.5 Å². The third-order valence-electron chi connectivity index (χ3n) is 7.80. The number of nitrogens with zero attached hydrogens (tertiary/aromatic N) is 2. The molecule has 36 heavy (non-hydrogen) atoms. The number of fused-ring (bicyclic) bond motifs is 1. The number of benzene rings is 2. The third-order valence-corrected chi connectivity index (χ3v) is 7.80. The van der Waals surface area contributed by atoms with E-state index in [4.69, 9.17) is 4.74 Å². The van der Waals surface area contributed by atoms with Gasteiger partial charge in [-0.3, -0.25) is 9.59 Å². The number of carbonyl (C=O) groups is 1. The van der Waals surface area contributed by atoms with Crippen LogP contribution in [-0.4, -0.2) is 46.7 Å². The minimum atomic E-state index is -0.153. The van der Waals surface area contributed by atoms with E-state index >= 15 is 0 Å². The number of pyridine rings is 1. The van der Waals surface area contributed by atoms with Crippen LogP contribution in [0.5, 0.6) is 0 Å². The molecule has 1 N–H and O–H groups in total. The first-order chi connectivity index (χ1) is 17.4. The average molecular weight is 480 g/mol. The van der Waals surface area contributed by atoms with Crippen molar-refractivity contribution in [3.63, 3.8) is 0 Å². The van der Waals surface area contributed by atoms with Gasteiger partial charge in [-0.05, 0) is 46.9 Å². The second-order valence-corrected chi connectivity index (χ2v) is 9.97. The van der Waals surface area contributed by atoms with Crippen LogP contribution in [0.3, 0.4) is 0 Å². The number of rotatable bonds is 4. The molecule has 0 radical (unpaired) electrons. The quantitative estimate of drug-likeness (QED) is 0.459. The molecule has 6 heteroatoms. The summed E-state index contributed by atoms with van der Waals surface area (Å²) < 4.78 is 7.00. The maximum atomic E-state index is 13.4. The summed E-state index contributed by atoms with van der Waals surface area (Å²) in [5, 5.41) is 0. The van der Waals surface area contributed by atoms with Crippen LogP contribution in [0.25, 0.3) is 22.4 Å². The van der Waals surface area contributed by atoms with Crippen LogP contribution in [0.2, 0.25) is 0 Å². The van der Waals surface area contributed by atoms with E-state index in [1.54, 1.807) is 22.6 Å². The molecule has 0 saturated carbocycles. The maximum absolute atomic E-state index is 13.4. The summed E-state index contributed by atoms with van der Waals surface area (Å²) in [4.78, 5) is 31.4. The van der Waals surface area contributed by atoms with Gasteiger partial charge in [0, 0.05) is 55.5 Å². The standard InChI is InChI=1S/C30H29N3O3/c1-18-28(23-14-27(34)32(2)15-25(23)19-8-5-4-6-9-19)24-13-26(31-29(24)30(35)33(18)3)21-11-7-10-20(12-21)22-16-36-17-22/h4-15,18,22,28,31H,16-17H2,1-3H3. The summed E-state index contributed by atoms with van der Waals surface area (Å²) in [5.74, 6) is 0.234. The van der Waals surface area contributed by atoms with Gasteiger partial charge >= 0.3 is 0 Å². The number of carbonyl (C=O) groups excluding carboxylic acids is 1. The van der Waals surface area contributed by atoms with Gasteiger partial charge in [-0.2, -0.15) is 0 Å². The van der Waals surface area contributed by atoms with Crippen LogP contribution < -0.4 is 5.56 Å². The Bertz CT molecular complexity index is 1510. The Balaban J connectivity index is 1.52. The molecular formula is C30H29N3O3. The van der Waals surface area contributed by atoms with Gasteiger partial charge in [0.2, 0.25) is 0 Å². The van der Waals surface area contributed by atoms with Crippen LogP contribution in [0, 0.1) is 0 Å². The zero-order chi connectivity index (χ0) is 25.0. The van der Waals surface area contributed by atoms with E-state index in [-0.39, 0.29) is 23.4 Å². The Morgan fingerprint density at radius 1 is 0.889 bits per heavy atom. The number of H-pyrrole nitrogens is 1. The second-order valence-electron chi connectivity index (χ2n) is 9.97. The monoisotopic (exact) mass is 479 g/mol. The molecular weight excluding hydrogens is 450 g/mol. The summed E-state index contributed by atoms with van der Waals surface area (Å²) >= 11 is 0. The number of aromatic amines is 1. The topological polar surface area (TPSA) is 67.3 Å². The lowest BCUT2D eigenvalue weighted by Crippen LogP contribution is -2.44. The van der Waals surface area contributed by atoms with E-state index in [0.29, 0.717) is 11.6 Å². The fraction of sp³-hybridized carbons (Fsp3) is 0.267. The lowest BCUT2D eigenvalue weighted by Gasteiger charge is -2.37. The molecule has 1 saturated heterocycles. The molecule has 0 spiro atoms.